The molecule has 0 aliphatic carbocycles. The molecule has 0 saturated heterocycles. The van der Waals surface area contributed by atoms with Crippen molar-refractivity contribution >= 4 is 21.4 Å². The number of hydrogen-bond donors (Lipinski definition) is 2. The van der Waals surface area contributed by atoms with E-state index >= 15 is 0 Å². The lowest BCUT2D eigenvalue weighted by atomic mass is 10.3. The van der Waals surface area contributed by atoms with Crippen LogP contribution in [-0.2, 0) is 10.0 Å². The first-order valence-electron chi connectivity index (χ1n) is 5.23. The Kier molecular flexibility index (Phi) is 3.22. The van der Waals surface area contributed by atoms with Crippen LogP contribution in [0.25, 0.3) is 0 Å². The van der Waals surface area contributed by atoms with Crippen LogP contribution in [0, 0.1) is 0 Å². The second-order valence-corrected chi connectivity index (χ2v) is 5.46. The number of hydrazine groups is 1. The van der Waals surface area contributed by atoms with E-state index in [-0.39, 0.29) is 10.6 Å². The zero-order valence-corrected chi connectivity index (χ0v) is 10.3. The maximum Gasteiger partial charge on any atom is 0.279 e. The van der Waals surface area contributed by atoms with Crippen molar-refractivity contribution in [1.29, 1.82) is 0 Å². The standard InChI is InChI=1S/C12H13N3O2S/c13-11-8-4-5-9-12(11)18(16,17)15(14)10-6-2-1-3-7-10/h1-9H,13-14H2. The highest BCUT2D eigenvalue weighted by Gasteiger charge is 2.23. The molecule has 0 radical (unpaired) electrons. The molecular formula is C12H13N3O2S. The normalized spacial score (nSPS) is 11.2. The fraction of sp³-hybridized carbons (Fsp3) is 0. The van der Waals surface area contributed by atoms with Crippen LogP contribution in [-0.4, -0.2) is 8.42 Å². The number of anilines is 2. The van der Waals surface area contributed by atoms with E-state index in [0.717, 1.165) is 4.41 Å². The van der Waals surface area contributed by atoms with Gasteiger partial charge in [-0.1, -0.05) is 30.3 Å². The van der Waals surface area contributed by atoms with Crippen LogP contribution in [0.2, 0.25) is 0 Å². The van der Waals surface area contributed by atoms with E-state index in [1.807, 2.05) is 0 Å². The second kappa shape index (κ2) is 4.67. The molecule has 4 N–H and O–H groups in total. The van der Waals surface area contributed by atoms with E-state index < -0.39 is 10.0 Å². The lowest BCUT2D eigenvalue weighted by Crippen LogP contribution is -2.37. The Morgan fingerprint density at radius 3 is 2.06 bits per heavy atom. The number of benzene rings is 2. The summed E-state index contributed by atoms with van der Waals surface area (Å²) in [5.74, 6) is 5.66. The summed E-state index contributed by atoms with van der Waals surface area (Å²) < 4.78 is 25.3. The highest BCUT2D eigenvalue weighted by atomic mass is 32.2. The Balaban J connectivity index is 2.48. The van der Waals surface area contributed by atoms with Gasteiger partial charge in [-0.15, -0.1) is 0 Å². The van der Waals surface area contributed by atoms with Gasteiger partial charge in [-0.2, -0.15) is 8.42 Å². The number of hydrogen-bond acceptors (Lipinski definition) is 4. The van der Waals surface area contributed by atoms with Crippen molar-refractivity contribution < 1.29 is 8.42 Å². The summed E-state index contributed by atoms with van der Waals surface area (Å²) in [4.78, 5) is -0.00338. The molecule has 0 unspecified atom stereocenters. The summed E-state index contributed by atoms with van der Waals surface area (Å²) in [6.45, 7) is 0. The Labute approximate surface area is 106 Å². The molecule has 2 aromatic rings. The molecule has 94 valence electrons. The van der Waals surface area contributed by atoms with Crippen LogP contribution >= 0.6 is 0 Å². The minimum Gasteiger partial charge on any atom is -0.398 e. The highest BCUT2D eigenvalue weighted by Crippen LogP contribution is 2.23. The zero-order chi connectivity index (χ0) is 13.2. The number of sulfonamides is 1. The maximum absolute atomic E-state index is 12.3. The monoisotopic (exact) mass is 263 g/mol. The number of rotatable bonds is 3. The summed E-state index contributed by atoms with van der Waals surface area (Å²) in [5.41, 5.74) is 6.21. The van der Waals surface area contributed by atoms with Gasteiger partial charge in [-0.05, 0) is 24.3 Å². The summed E-state index contributed by atoms with van der Waals surface area (Å²) in [6.07, 6.45) is 0. The van der Waals surface area contributed by atoms with E-state index in [4.69, 9.17) is 11.6 Å². The van der Waals surface area contributed by atoms with Crippen LogP contribution < -0.4 is 16.0 Å². The van der Waals surface area contributed by atoms with Gasteiger partial charge in [-0.3, -0.25) is 0 Å². The van der Waals surface area contributed by atoms with E-state index in [1.165, 1.54) is 12.1 Å². The van der Waals surface area contributed by atoms with Gasteiger partial charge >= 0.3 is 0 Å². The average molecular weight is 263 g/mol. The summed E-state index contributed by atoms with van der Waals surface area (Å²) in [6, 6.07) is 14.6. The third-order valence-corrected chi connectivity index (χ3v) is 4.12. The molecule has 0 amide bonds. The third kappa shape index (κ3) is 2.15. The first kappa shape index (κ1) is 12.4. The van der Waals surface area contributed by atoms with Crippen LogP contribution in [0.1, 0.15) is 0 Å². The Bertz CT molecular complexity index is 641. The van der Waals surface area contributed by atoms with Gasteiger partial charge in [0.1, 0.15) is 4.90 Å². The van der Waals surface area contributed by atoms with Gasteiger partial charge in [0.25, 0.3) is 10.0 Å². The quantitative estimate of drug-likeness (QED) is 0.497. The summed E-state index contributed by atoms with van der Waals surface area (Å²) >= 11 is 0. The SMILES string of the molecule is Nc1ccccc1S(=O)(=O)N(N)c1ccccc1. The molecule has 0 saturated carbocycles. The van der Waals surface area contributed by atoms with Crippen molar-refractivity contribution in [2.75, 3.05) is 10.1 Å². The Morgan fingerprint density at radius 2 is 1.44 bits per heavy atom. The molecule has 18 heavy (non-hydrogen) atoms. The lowest BCUT2D eigenvalue weighted by Gasteiger charge is -2.19. The van der Waals surface area contributed by atoms with E-state index in [9.17, 15) is 8.42 Å². The number of para-hydroxylation sites is 2. The second-order valence-electron chi connectivity index (χ2n) is 3.67. The molecule has 6 heteroatoms. The molecule has 0 atom stereocenters. The van der Waals surface area contributed by atoms with Gasteiger partial charge in [0.2, 0.25) is 0 Å². The minimum absolute atomic E-state index is 0.00338. The molecule has 0 aromatic heterocycles. The zero-order valence-electron chi connectivity index (χ0n) is 9.52. The first-order chi connectivity index (χ1) is 8.53. The van der Waals surface area contributed by atoms with Crippen molar-refractivity contribution in [3.63, 3.8) is 0 Å². The Hall–Kier alpha value is -2.05. The fourth-order valence-electron chi connectivity index (χ4n) is 1.54. The summed E-state index contributed by atoms with van der Waals surface area (Å²) in [5, 5.41) is 0. The molecular weight excluding hydrogens is 250 g/mol. The highest BCUT2D eigenvalue weighted by molar-refractivity contribution is 7.92. The van der Waals surface area contributed by atoms with E-state index in [1.54, 1.807) is 42.5 Å². The number of nitrogen functional groups attached to an aromatic ring is 1. The van der Waals surface area contributed by atoms with Crippen molar-refractivity contribution in [2.45, 2.75) is 4.90 Å². The molecule has 5 nitrogen and oxygen atoms in total. The van der Waals surface area contributed by atoms with Gasteiger partial charge in [0.05, 0.1) is 11.4 Å². The van der Waals surface area contributed by atoms with Crippen molar-refractivity contribution in [1.82, 2.24) is 0 Å². The number of nitrogens with zero attached hydrogens (tertiary/aromatic N) is 1. The molecule has 0 heterocycles. The van der Waals surface area contributed by atoms with Crippen LogP contribution in [0.15, 0.2) is 59.5 Å². The van der Waals surface area contributed by atoms with Gasteiger partial charge in [0, 0.05) is 0 Å². The predicted octanol–water partition coefficient (Wildman–Crippen LogP) is 1.34. The van der Waals surface area contributed by atoms with Crippen molar-refractivity contribution in [3.05, 3.63) is 54.6 Å². The Morgan fingerprint density at radius 1 is 0.889 bits per heavy atom. The molecule has 2 rings (SSSR count). The fourth-order valence-corrected chi connectivity index (χ4v) is 2.76. The smallest absolute Gasteiger partial charge is 0.279 e. The van der Waals surface area contributed by atoms with Gasteiger partial charge in [-0.25, -0.2) is 10.3 Å². The van der Waals surface area contributed by atoms with Crippen molar-refractivity contribution in [2.24, 2.45) is 5.84 Å². The molecule has 0 fully saturated rings. The lowest BCUT2D eigenvalue weighted by molar-refractivity contribution is 0.592. The molecule has 0 aliphatic heterocycles. The van der Waals surface area contributed by atoms with E-state index in [2.05, 4.69) is 0 Å². The molecule has 0 bridgehead atoms. The van der Waals surface area contributed by atoms with E-state index in [0.29, 0.717) is 5.69 Å². The van der Waals surface area contributed by atoms with Gasteiger partial charge < -0.3 is 5.73 Å². The molecule has 2 aromatic carbocycles. The summed E-state index contributed by atoms with van der Waals surface area (Å²) in [7, 11) is -3.84. The van der Waals surface area contributed by atoms with Crippen LogP contribution in [0.3, 0.4) is 0 Å². The average Bonchev–Trinajstić information content (AvgIpc) is 2.39. The third-order valence-electron chi connectivity index (χ3n) is 2.47. The maximum atomic E-state index is 12.3. The largest absolute Gasteiger partial charge is 0.398 e. The number of nitrogens with two attached hydrogens (primary N) is 2. The van der Waals surface area contributed by atoms with Gasteiger partial charge in [0.15, 0.2) is 0 Å². The van der Waals surface area contributed by atoms with Crippen molar-refractivity contribution in [3.8, 4) is 0 Å². The molecule has 0 aliphatic rings. The topological polar surface area (TPSA) is 89.4 Å². The van der Waals surface area contributed by atoms with Crippen LogP contribution in [0.4, 0.5) is 11.4 Å². The first-order valence-corrected chi connectivity index (χ1v) is 6.67. The minimum atomic E-state index is -3.84. The predicted molar refractivity (Wildman–Crippen MR) is 71.1 cm³/mol. The van der Waals surface area contributed by atoms with Crippen LogP contribution in [0.5, 0.6) is 0 Å². The molecule has 0 spiro atoms.